The maximum atomic E-state index is 5.60. The van der Waals surface area contributed by atoms with E-state index in [1.807, 2.05) is 25.3 Å². The standard InChI is InChI=1S/C8H9N3S/c1-5-4-10-8(11-5)6-2-3-7(9)12-6/h2-4H,9H2,1H3,(H,10,11). The zero-order valence-corrected chi connectivity index (χ0v) is 7.48. The molecule has 0 saturated carbocycles. The van der Waals surface area contributed by atoms with E-state index < -0.39 is 0 Å². The summed E-state index contributed by atoms with van der Waals surface area (Å²) in [6.07, 6.45) is 1.81. The maximum Gasteiger partial charge on any atom is 0.147 e. The first kappa shape index (κ1) is 7.36. The van der Waals surface area contributed by atoms with E-state index in [0.29, 0.717) is 0 Å². The summed E-state index contributed by atoms with van der Waals surface area (Å²) in [7, 11) is 0. The molecule has 2 aromatic rings. The number of nitrogen functional groups attached to an aromatic ring is 1. The Kier molecular flexibility index (Phi) is 1.62. The van der Waals surface area contributed by atoms with Crippen LogP contribution in [0.4, 0.5) is 5.00 Å². The Bertz CT molecular complexity index is 350. The van der Waals surface area contributed by atoms with Crippen molar-refractivity contribution < 1.29 is 0 Å². The molecular formula is C8H9N3S. The Morgan fingerprint density at radius 2 is 2.33 bits per heavy atom. The number of hydrogen-bond acceptors (Lipinski definition) is 3. The predicted molar refractivity (Wildman–Crippen MR) is 51.1 cm³/mol. The molecule has 0 aliphatic rings. The van der Waals surface area contributed by atoms with Gasteiger partial charge in [-0.3, -0.25) is 0 Å². The number of aromatic amines is 1. The van der Waals surface area contributed by atoms with Crippen LogP contribution in [0.3, 0.4) is 0 Å². The van der Waals surface area contributed by atoms with E-state index >= 15 is 0 Å². The number of nitrogens with zero attached hydrogens (tertiary/aromatic N) is 1. The minimum absolute atomic E-state index is 0.819. The third kappa shape index (κ3) is 1.21. The summed E-state index contributed by atoms with van der Waals surface area (Å²) in [6, 6.07) is 3.86. The molecule has 0 saturated heterocycles. The largest absolute Gasteiger partial charge is 0.391 e. The van der Waals surface area contributed by atoms with Gasteiger partial charge >= 0.3 is 0 Å². The molecule has 0 radical (unpaired) electrons. The van der Waals surface area contributed by atoms with Crippen molar-refractivity contribution in [2.24, 2.45) is 0 Å². The van der Waals surface area contributed by atoms with Crippen molar-refractivity contribution in [2.75, 3.05) is 5.73 Å². The Balaban J connectivity index is 2.43. The van der Waals surface area contributed by atoms with Crippen LogP contribution in [0.1, 0.15) is 5.69 Å². The number of nitrogens with two attached hydrogens (primary N) is 1. The minimum Gasteiger partial charge on any atom is -0.391 e. The highest BCUT2D eigenvalue weighted by Gasteiger charge is 2.03. The Labute approximate surface area is 74.3 Å². The normalized spacial score (nSPS) is 10.4. The first-order valence-corrected chi connectivity index (χ1v) is 4.44. The fourth-order valence-electron chi connectivity index (χ4n) is 1.02. The lowest BCUT2D eigenvalue weighted by Gasteiger charge is -1.87. The van der Waals surface area contributed by atoms with Gasteiger partial charge in [0.25, 0.3) is 0 Å². The third-order valence-corrected chi connectivity index (χ3v) is 2.48. The molecule has 2 heterocycles. The van der Waals surface area contributed by atoms with Gasteiger partial charge in [0.15, 0.2) is 0 Å². The van der Waals surface area contributed by atoms with Crippen LogP contribution in [-0.2, 0) is 0 Å². The molecule has 62 valence electrons. The van der Waals surface area contributed by atoms with Crippen LogP contribution >= 0.6 is 11.3 Å². The van der Waals surface area contributed by atoms with Crippen LogP contribution in [0.25, 0.3) is 10.7 Å². The number of aromatic nitrogens is 2. The number of anilines is 1. The summed E-state index contributed by atoms with van der Waals surface area (Å²) in [4.78, 5) is 8.43. The van der Waals surface area contributed by atoms with Gasteiger partial charge in [0.05, 0.1) is 9.88 Å². The summed E-state index contributed by atoms with van der Waals surface area (Å²) < 4.78 is 0. The minimum atomic E-state index is 0.819. The lowest BCUT2D eigenvalue weighted by molar-refractivity contribution is 1.26. The SMILES string of the molecule is Cc1cnc(-c2ccc(N)s2)[nH]1. The van der Waals surface area contributed by atoms with Gasteiger partial charge in [0.2, 0.25) is 0 Å². The van der Waals surface area contributed by atoms with E-state index in [1.54, 1.807) is 0 Å². The van der Waals surface area contributed by atoms with E-state index in [1.165, 1.54) is 11.3 Å². The summed E-state index contributed by atoms with van der Waals surface area (Å²) in [5, 5.41) is 0.819. The van der Waals surface area contributed by atoms with Gasteiger partial charge in [-0.25, -0.2) is 4.98 Å². The van der Waals surface area contributed by atoms with Crippen LogP contribution < -0.4 is 5.73 Å². The van der Waals surface area contributed by atoms with E-state index in [2.05, 4.69) is 9.97 Å². The van der Waals surface area contributed by atoms with Crippen LogP contribution in [-0.4, -0.2) is 9.97 Å². The average molecular weight is 179 g/mol. The van der Waals surface area contributed by atoms with Crippen molar-refractivity contribution >= 4 is 16.3 Å². The zero-order chi connectivity index (χ0) is 8.55. The van der Waals surface area contributed by atoms with Crippen molar-refractivity contribution in [3.8, 4) is 10.7 Å². The zero-order valence-electron chi connectivity index (χ0n) is 6.66. The number of aryl methyl sites for hydroxylation is 1. The van der Waals surface area contributed by atoms with Crippen molar-refractivity contribution in [3.63, 3.8) is 0 Å². The third-order valence-electron chi connectivity index (χ3n) is 1.56. The first-order chi connectivity index (χ1) is 5.75. The predicted octanol–water partition coefficient (Wildman–Crippen LogP) is 2.03. The molecule has 0 unspecified atom stereocenters. The molecule has 0 amide bonds. The molecule has 12 heavy (non-hydrogen) atoms. The van der Waals surface area contributed by atoms with Gasteiger partial charge in [-0.1, -0.05) is 0 Å². The fraction of sp³-hybridized carbons (Fsp3) is 0.125. The maximum absolute atomic E-state index is 5.60. The lowest BCUT2D eigenvalue weighted by atomic mass is 10.4. The van der Waals surface area contributed by atoms with Crippen LogP contribution in [0.2, 0.25) is 0 Å². The lowest BCUT2D eigenvalue weighted by Crippen LogP contribution is -1.74. The highest BCUT2D eigenvalue weighted by molar-refractivity contribution is 7.19. The van der Waals surface area contributed by atoms with Crippen molar-refractivity contribution in [1.29, 1.82) is 0 Å². The first-order valence-electron chi connectivity index (χ1n) is 3.63. The molecule has 2 aromatic heterocycles. The molecule has 0 atom stereocenters. The number of hydrogen-bond donors (Lipinski definition) is 2. The van der Waals surface area contributed by atoms with Crippen molar-refractivity contribution in [2.45, 2.75) is 6.92 Å². The number of thiophene rings is 1. The van der Waals surface area contributed by atoms with Crippen LogP contribution in [0, 0.1) is 6.92 Å². The quantitative estimate of drug-likeness (QED) is 0.703. The number of nitrogens with one attached hydrogen (secondary N) is 1. The molecule has 2 rings (SSSR count). The summed E-state index contributed by atoms with van der Waals surface area (Å²) in [5.74, 6) is 0.897. The van der Waals surface area contributed by atoms with E-state index in [-0.39, 0.29) is 0 Å². The molecule has 0 aliphatic carbocycles. The number of imidazole rings is 1. The van der Waals surface area contributed by atoms with Gasteiger partial charge in [-0.05, 0) is 19.1 Å². The summed E-state index contributed by atoms with van der Waals surface area (Å²) >= 11 is 1.54. The highest BCUT2D eigenvalue weighted by Crippen LogP contribution is 2.26. The molecule has 3 N–H and O–H groups in total. The highest BCUT2D eigenvalue weighted by atomic mass is 32.1. The fourth-order valence-corrected chi connectivity index (χ4v) is 1.74. The van der Waals surface area contributed by atoms with E-state index in [9.17, 15) is 0 Å². The van der Waals surface area contributed by atoms with Gasteiger partial charge in [0, 0.05) is 11.9 Å². The second kappa shape index (κ2) is 2.64. The number of H-pyrrole nitrogens is 1. The molecular weight excluding hydrogens is 170 g/mol. The Morgan fingerprint density at radius 3 is 2.83 bits per heavy atom. The topological polar surface area (TPSA) is 54.7 Å². The second-order valence-electron chi connectivity index (χ2n) is 2.62. The molecule has 4 heteroatoms. The monoisotopic (exact) mass is 179 g/mol. The summed E-state index contributed by atoms with van der Waals surface area (Å²) in [6.45, 7) is 1.98. The molecule has 0 aromatic carbocycles. The average Bonchev–Trinajstić information content (AvgIpc) is 2.58. The second-order valence-corrected chi connectivity index (χ2v) is 3.73. The molecule has 0 bridgehead atoms. The van der Waals surface area contributed by atoms with Crippen LogP contribution in [0.5, 0.6) is 0 Å². The number of rotatable bonds is 1. The van der Waals surface area contributed by atoms with Gasteiger partial charge in [-0.15, -0.1) is 11.3 Å². The van der Waals surface area contributed by atoms with E-state index in [4.69, 9.17) is 5.73 Å². The molecule has 3 nitrogen and oxygen atoms in total. The van der Waals surface area contributed by atoms with Crippen molar-refractivity contribution in [1.82, 2.24) is 9.97 Å². The molecule has 0 fully saturated rings. The van der Waals surface area contributed by atoms with E-state index in [0.717, 1.165) is 21.4 Å². The smallest absolute Gasteiger partial charge is 0.147 e. The van der Waals surface area contributed by atoms with Gasteiger partial charge in [0.1, 0.15) is 5.82 Å². The van der Waals surface area contributed by atoms with Gasteiger partial charge < -0.3 is 10.7 Å². The van der Waals surface area contributed by atoms with Crippen LogP contribution in [0.15, 0.2) is 18.3 Å². The molecule has 0 spiro atoms. The molecule has 0 aliphatic heterocycles. The summed E-state index contributed by atoms with van der Waals surface area (Å²) in [5.41, 5.74) is 6.67. The van der Waals surface area contributed by atoms with Gasteiger partial charge in [-0.2, -0.15) is 0 Å². The Morgan fingerprint density at radius 1 is 1.50 bits per heavy atom. The Hall–Kier alpha value is -1.29. The van der Waals surface area contributed by atoms with Crippen molar-refractivity contribution in [3.05, 3.63) is 24.0 Å².